The van der Waals surface area contributed by atoms with Crippen LogP contribution >= 0.6 is 34.7 Å². The van der Waals surface area contributed by atoms with Gasteiger partial charge in [0.25, 0.3) is 0 Å². The Hall–Kier alpha value is -2.89. The minimum Gasteiger partial charge on any atom is -0.486 e. The highest BCUT2D eigenvalue weighted by molar-refractivity contribution is 7.99. The highest BCUT2D eigenvalue weighted by Gasteiger charge is 2.29. The van der Waals surface area contributed by atoms with Crippen LogP contribution in [0.4, 0.5) is 9.39 Å². The number of aromatic nitrogens is 3. The summed E-state index contributed by atoms with van der Waals surface area (Å²) in [7, 11) is 0. The Morgan fingerprint density at radius 3 is 2.95 bits per heavy atom. The zero-order valence-corrected chi connectivity index (χ0v) is 23.5. The van der Waals surface area contributed by atoms with Gasteiger partial charge < -0.3 is 14.8 Å². The Morgan fingerprint density at radius 2 is 2.21 bits per heavy atom. The van der Waals surface area contributed by atoms with E-state index in [0.717, 1.165) is 29.7 Å². The number of thioether (sulfide) groups is 1. The van der Waals surface area contributed by atoms with Crippen LogP contribution in [-0.4, -0.2) is 39.0 Å². The Kier molecular flexibility index (Phi) is 9.45. The van der Waals surface area contributed by atoms with Gasteiger partial charge in [-0.2, -0.15) is 0 Å². The Labute approximate surface area is 233 Å². The summed E-state index contributed by atoms with van der Waals surface area (Å²) in [5.74, 6) is 0.299. The predicted molar refractivity (Wildman–Crippen MR) is 147 cm³/mol. The lowest BCUT2D eigenvalue weighted by Crippen LogP contribution is -2.18. The summed E-state index contributed by atoms with van der Waals surface area (Å²) in [6.07, 6.45) is 4.37. The number of nitrogens with zero attached hydrogens (tertiary/aromatic N) is 3. The second-order valence-corrected chi connectivity index (χ2v) is 11.2. The van der Waals surface area contributed by atoms with Crippen molar-refractivity contribution < 1.29 is 23.5 Å². The third kappa shape index (κ3) is 6.57. The minimum absolute atomic E-state index is 0.0375. The van der Waals surface area contributed by atoms with Gasteiger partial charge in [-0.1, -0.05) is 36.4 Å². The number of amides is 1. The van der Waals surface area contributed by atoms with Crippen LogP contribution in [0.25, 0.3) is 0 Å². The van der Waals surface area contributed by atoms with E-state index in [1.807, 2.05) is 0 Å². The molecule has 8 nitrogen and oxygen atoms in total. The zero-order valence-electron chi connectivity index (χ0n) is 21.1. The first kappa shape index (κ1) is 28.1. The molecule has 0 spiro atoms. The number of esters is 1. The summed E-state index contributed by atoms with van der Waals surface area (Å²) in [6.45, 7) is 8.47. The topological polar surface area (TPSA) is 95.3 Å². The molecule has 0 bridgehead atoms. The lowest BCUT2D eigenvalue weighted by Gasteiger charge is -2.18. The van der Waals surface area contributed by atoms with Crippen molar-refractivity contribution >= 4 is 51.6 Å². The van der Waals surface area contributed by atoms with E-state index in [1.54, 1.807) is 17.6 Å². The predicted octanol–water partition coefficient (Wildman–Crippen LogP) is 5.93. The average Bonchev–Trinajstić information content (AvgIpc) is 3.43. The van der Waals surface area contributed by atoms with Crippen molar-refractivity contribution in [2.75, 3.05) is 17.7 Å². The standard InChI is InChI=1S/C26H28ClFN4O4S2/c1-4-10-32-21(13-36-16-7-9-19(28)18(27)12-16)30-31-26(32)37-14-22(33)29-24-23(25(34)35-5-2)17-8-6-15(3)11-20(17)38-24/h4,7,9,12,15H,1,5-6,8,10-11,13-14H2,2-3H3,(H,29,33). The van der Waals surface area contributed by atoms with Gasteiger partial charge in [0.05, 0.1) is 22.9 Å². The van der Waals surface area contributed by atoms with Crippen molar-refractivity contribution in [1.29, 1.82) is 0 Å². The second kappa shape index (κ2) is 12.8. The van der Waals surface area contributed by atoms with Gasteiger partial charge in [0, 0.05) is 17.5 Å². The van der Waals surface area contributed by atoms with Crippen LogP contribution in [0.5, 0.6) is 5.75 Å². The van der Waals surface area contributed by atoms with Crippen molar-refractivity contribution in [2.45, 2.75) is 51.4 Å². The molecule has 0 radical (unpaired) electrons. The van der Waals surface area contributed by atoms with E-state index in [2.05, 4.69) is 29.0 Å². The molecule has 38 heavy (non-hydrogen) atoms. The summed E-state index contributed by atoms with van der Waals surface area (Å²) in [5.41, 5.74) is 1.47. The van der Waals surface area contributed by atoms with E-state index in [4.69, 9.17) is 21.1 Å². The number of carbonyl (C=O) groups is 2. The van der Waals surface area contributed by atoms with Gasteiger partial charge in [-0.3, -0.25) is 9.36 Å². The number of fused-ring (bicyclic) bond motifs is 1. The summed E-state index contributed by atoms with van der Waals surface area (Å²) in [5, 5.41) is 12.3. The van der Waals surface area contributed by atoms with Crippen LogP contribution in [-0.2, 0) is 35.5 Å². The second-order valence-electron chi connectivity index (χ2n) is 8.78. The highest BCUT2D eigenvalue weighted by atomic mass is 35.5. The highest BCUT2D eigenvalue weighted by Crippen LogP contribution is 2.40. The number of carbonyl (C=O) groups excluding carboxylic acids is 2. The van der Waals surface area contributed by atoms with E-state index < -0.39 is 11.8 Å². The summed E-state index contributed by atoms with van der Waals surface area (Å²) in [6, 6.07) is 4.09. The molecule has 1 atom stereocenters. The molecular weight excluding hydrogens is 551 g/mol. The van der Waals surface area contributed by atoms with Gasteiger partial charge in [-0.05, 0) is 49.8 Å². The first-order chi connectivity index (χ1) is 18.3. The van der Waals surface area contributed by atoms with Gasteiger partial charge >= 0.3 is 5.97 Å². The zero-order chi connectivity index (χ0) is 27.2. The normalized spacial score (nSPS) is 14.6. The first-order valence-electron chi connectivity index (χ1n) is 12.2. The minimum atomic E-state index is -0.530. The van der Waals surface area contributed by atoms with Crippen LogP contribution in [0.3, 0.4) is 0 Å². The van der Waals surface area contributed by atoms with Crippen molar-refractivity contribution in [3.05, 3.63) is 63.5 Å². The molecule has 1 aliphatic rings. The molecule has 2 aromatic heterocycles. The van der Waals surface area contributed by atoms with Gasteiger partial charge in [0.1, 0.15) is 23.2 Å². The number of ether oxygens (including phenoxy) is 2. The SMILES string of the molecule is C=CCn1c(COc2ccc(F)c(Cl)c2)nnc1SCC(=O)Nc1sc2c(c1C(=O)OCC)CCC(C)C2. The monoisotopic (exact) mass is 578 g/mol. The Morgan fingerprint density at radius 1 is 1.39 bits per heavy atom. The molecule has 2 heterocycles. The van der Waals surface area contributed by atoms with Gasteiger partial charge in [0.15, 0.2) is 11.0 Å². The first-order valence-corrected chi connectivity index (χ1v) is 14.3. The largest absolute Gasteiger partial charge is 0.486 e. The maximum atomic E-state index is 13.4. The summed E-state index contributed by atoms with van der Waals surface area (Å²) in [4.78, 5) is 26.8. The summed E-state index contributed by atoms with van der Waals surface area (Å²) < 4.78 is 26.2. The Balaban J connectivity index is 1.43. The lowest BCUT2D eigenvalue weighted by molar-refractivity contribution is -0.113. The van der Waals surface area contributed by atoms with E-state index in [0.29, 0.717) is 39.8 Å². The molecule has 1 N–H and O–H groups in total. The van der Waals surface area contributed by atoms with E-state index >= 15 is 0 Å². The van der Waals surface area contributed by atoms with Gasteiger partial charge in [-0.25, -0.2) is 9.18 Å². The number of rotatable bonds is 11. The van der Waals surface area contributed by atoms with Crippen molar-refractivity contribution in [2.24, 2.45) is 5.92 Å². The van der Waals surface area contributed by atoms with E-state index in [9.17, 15) is 14.0 Å². The third-order valence-electron chi connectivity index (χ3n) is 5.94. The molecular formula is C26H28ClFN4O4S2. The number of hydrogen-bond donors (Lipinski definition) is 1. The van der Waals surface area contributed by atoms with Gasteiger partial charge in [-0.15, -0.1) is 28.1 Å². The van der Waals surface area contributed by atoms with Crippen LogP contribution in [0.15, 0.2) is 36.0 Å². The number of anilines is 1. The number of hydrogen-bond acceptors (Lipinski definition) is 8. The number of thiophene rings is 1. The molecule has 1 amide bonds. The molecule has 3 aromatic rings. The quantitative estimate of drug-likeness (QED) is 0.171. The van der Waals surface area contributed by atoms with Gasteiger partial charge in [0.2, 0.25) is 5.91 Å². The smallest absolute Gasteiger partial charge is 0.341 e. The van der Waals surface area contributed by atoms with Crippen LogP contribution < -0.4 is 10.1 Å². The van der Waals surface area contributed by atoms with E-state index in [1.165, 1.54) is 41.3 Å². The third-order valence-corrected chi connectivity index (χ3v) is 8.37. The molecule has 12 heteroatoms. The lowest BCUT2D eigenvalue weighted by atomic mass is 9.88. The number of nitrogens with one attached hydrogen (secondary N) is 1. The number of halogens is 2. The van der Waals surface area contributed by atoms with Crippen molar-refractivity contribution in [3.8, 4) is 5.75 Å². The molecule has 0 aliphatic heterocycles. The van der Waals surface area contributed by atoms with Crippen LogP contribution in [0.2, 0.25) is 5.02 Å². The molecule has 0 fully saturated rings. The van der Waals surface area contributed by atoms with E-state index in [-0.39, 0.29) is 29.9 Å². The molecule has 1 aromatic carbocycles. The molecule has 0 saturated carbocycles. The molecule has 1 unspecified atom stereocenters. The number of benzene rings is 1. The molecule has 4 rings (SSSR count). The fourth-order valence-electron chi connectivity index (χ4n) is 4.11. The number of allylic oxidation sites excluding steroid dienone is 1. The van der Waals surface area contributed by atoms with Crippen molar-refractivity contribution in [1.82, 2.24) is 14.8 Å². The van der Waals surface area contributed by atoms with Crippen LogP contribution in [0, 0.1) is 11.7 Å². The maximum Gasteiger partial charge on any atom is 0.341 e. The van der Waals surface area contributed by atoms with Crippen LogP contribution in [0.1, 0.15) is 46.9 Å². The fraction of sp³-hybridized carbons (Fsp3) is 0.385. The Bertz CT molecular complexity index is 1340. The molecule has 0 saturated heterocycles. The molecule has 1 aliphatic carbocycles. The average molecular weight is 579 g/mol. The van der Waals surface area contributed by atoms with Crippen molar-refractivity contribution in [3.63, 3.8) is 0 Å². The summed E-state index contributed by atoms with van der Waals surface area (Å²) >= 11 is 8.49. The molecule has 202 valence electrons. The fourth-order valence-corrected chi connectivity index (χ4v) is 6.46. The maximum absolute atomic E-state index is 13.4.